The molecule has 0 bridgehead atoms. The topological polar surface area (TPSA) is 75.7 Å². The van der Waals surface area contributed by atoms with Gasteiger partial charge in [0.2, 0.25) is 0 Å². The van der Waals surface area contributed by atoms with Gasteiger partial charge in [0, 0.05) is 24.3 Å². The molecule has 1 heterocycles. The molecule has 138 valence electrons. The first-order valence-electron chi connectivity index (χ1n) is 8.56. The van der Waals surface area contributed by atoms with Crippen molar-refractivity contribution in [1.82, 2.24) is 4.90 Å². The number of hydrogen-bond donors (Lipinski definition) is 1. The highest BCUT2D eigenvalue weighted by Crippen LogP contribution is 2.21. The molecule has 0 radical (unpaired) electrons. The molecule has 0 atom stereocenters. The van der Waals surface area contributed by atoms with E-state index < -0.39 is 10.0 Å². The highest BCUT2D eigenvalue weighted by Gasteiger charge is 2.21. The van der Waals surface area contributed by atoms with Crippen LogP contribution in [-0.4, -0.2) is 39.4 Å². The van der Waals surface area contributed by atoms with Crippen LogP contribution in [0.1, 0.15) is 29.6 Å². The Morgan fingerprint density at radius 3 is 2.38 bits per heavy atom. The van der Waals surface area contributed by atoms with Crippen LogP contribution in [0.4, 0.5) is 5.69 Å². The second-order valence-corrected chi connectivity index (χ2v) is 7.90. The highest BCUT2D eigenvalue weighted by atomic mass is 32.2. The van der Waals surface area contributed by atoms with E-state index in [1.165, 1.54) is 12.1 Å². The summed E-state index contributed by atoms with van der Waals surface area (Å²) in [6, 6.07) is 12.8. The monoisotopic (exact) mass is 374 g/mol. The summed E-state index contributed by atoms with van der Waals surface area (Å²) in [5.74, 6) is 0.522. The second-order valence-electron chi connectivity index (χ2n) is 6.21. The number of rotatable bonds is 5. The Hall–Kier alpha value is -2.54. The maximum absolute atomic E-state index is 12.6. The van der Waals surface area contributed by atoms with Crippen LogP contribution in [-0.2, 0) is 10.0 Å². The lowest BCUT2D eigenvalue weighted by atomic mass is 10.1. The maximum atomic E-state index is 12.6. The molecule has 1 amide bonds. The third kappa shape index (κ3) is 4.16. The summed E-state index contributed by atoms with van der Waals surface area (Å²) in [5.41, 5.74) is 0.822. The number of sulfonamides is 1. The lowest BCUT2D eigenvalue weighted by Crippen LogP contribution is -2.35. The van der Waals surface area contributed by atoms with Crippen molar-refractivity contribution in [3.63, 3.8) is 0 Å². The summed E-state index contributed by atoms with van der Waals surface area (Å²) in [6.45, 7) is 1.44. The van der Waals surface area contributed by atoms with E-state index in [4.69, 9.17) is 4.74 Å². The van der Waals surface area contributed by atoms with Crippen molar-refractivity contribution in [2.45, 2.75) is 24.2 Å². The number of hydrogen-bond acceptors (Lipinski definition) is 4. The van der Waals surface area contributed by atoms with E-state index in [-0.39, 0.29) is 10.8 Å². The van der Waals surface area contributed by atoms with Crippen molar-refractivity contribution in [2.75, 3.05) is 24.9 Å². The molecule has 2 aromatic rings. The average Bonchev–Trinajstić information content (AvgIpc) is 2.68. The first kappa shape index (κ1) is 18.3. The summed E-state index contributed by atoms with van der Waals surface area (Å²) >= 11 is 0. The van der Waals surface area contributed by atoms with Gasteiger partial charge >= 0.3 is 0 Å². The standard InChI is InChI=1S/C19H22N2O4S/c1-25-17-10-8-16(9-11-17)20-26(23,24)18-7-5-6-15(14-18)19(22)21-12-3-2-4-13-21/h5-11,14,20H,2-4,12-13H2,1H3. The van der Waals surface area contributed by atoms with Crippen molar-refractivity contribution in [3.05, 3.63) is 54.1 Å². The number of ether oxygens (including phenoxy) is 1. The lowest BCUT2D eigenvalue weighted by molar-refractivity contribution is 0.0724. The zero-order valence-electron chi connectivity index (χ0n) is 14.6. The van der Waals surface area contributed by atoms with Gasteiger partial charge in [0.05, 0.1) is 12.0 Å². The highest BCUT2D eigenvalue weighted by molar-refractivity contribution is 7.92. The molecule has 1 aliphatic heterocycles. The van der Waals surface area contributed by atoms with Crippen LogP contribution in [0.25, 0.3) is 0 Å². The molecule has 0 aromatic heterocycles. The van der Waals surface area contributed by atoms with Crippen LogP contribution >= 0.6 is 0 Å². The summed E-state index contributed by atoms with van der Waals surface area (Å²) in [6.07, 6.45) is 3.11. The molecule has 26 heavy (non-hydrogen) atoms. The van der Waals surface area contributed by atoms with Gasteiger partial charge in [0.1, 0.15) is 5.75 Å². The van der Waals surface area contributed by atoms with Gasteiger partial charge in [-0.15, -0.1) is 0 Å². The molecule has 1 saturated heterocycles. The molecule has 1 aliphatic rings. The molecular weight excluding hydrogens is 352 g/mol. The Balaban J connectivity index is 1.80. The van der Waals surface area contributed by atoms with Crippen LogP contribution in [0.3, 0.4) is 0 Å². The molecule has 0 spiro atoms. The number of nitrogens with one attached hydrogen (secondary N) is 1. The van der Waals surface area contributed by atoms with E-state index >= 15 is 0 Å². The van der Waals surface area contributed by atoms with Crippen molar-refractivity contribution < 1.29 is 17.9 Å². The normalized spacial score (nSPS) is 14.7. The SMILES string of the molecule is COc1ccc(NS(=O)(=O)c2cccc(C(=O)N3CCCCC3)c2)cc1. The van der Waals surface area contributed by atoms with Crippen molar-refractivity contribution in [1.29, 1.82) is 0 Å². The van der Waals surface area contributed by atoms with Gasteiger partial charge < -0.3 is 9.64 Å². The Bertz CT molecular complexity index is 873. The van der Waals surface area contributed by atoms with Gasteiger partial charge in [-0.3, -0.25) is 9.52 Å². The molecule has 1 fully saturated rings. The number of carbonyl (C=O) groups excluding carboxylic acids is 1. The minimum atomic E-state index is -3.78. The number of benzene rings is 2. The van der Waals surface area contributed by atoms with Crippen molar-refractivity contribution >= 4 is 21.6 Å². The number of nitrogens with zero attached hydrogens (tertiary/aromatic N) is 1. The van der Waals surface area contributed by atoms with Gasteiger partial charge in [-0.1, -0.05) is 6.07 Å². The van der Waals surface area contributed by atoms with Crippen LogP contribution in [0, 0.1) is 0 Å². The lowest BCUT2D eigenvalue weighted by Gasteiger charge is -2.26. The molecule has 3 rings (SSSR count). The zero-order valence-corrected chi connectivity index (χ0v) is 15.5. The number of amides is 1. The first-order chi connectivity index (χ1) is 12.5. The van der Waals surface area contributed by atoms with Crippen molar-refractivity contribution in [2.24, 2.45) is 0 Å². The molecule has 7 heteroatoms. The van der Waals surface area contributed by atoms with Gasteiger partial charge in [-0.05, 0) is 61.7 Å². The quantitative estimate of drug-likeness (QED) is 0.872. The van der Waals surface area contributed by atoms with E-state index in [0.29, 0.717) is 17.0 Å². The number of methoxy groups -OCH3 is 1. The van der Waals surface area contributed by atoms with Crippen molar-refractivity contribution in [3.8, 4) is 5.75 Å². The maximum Gasteiger partial charge on any atom is 0.261 e. The Kier molecular flexibility index (Phi) is 5.46. The van der Waals surface area contributed by atoms with E-state index in [2.05, 4.69) is 4.72 Å². The van der Waals surface area contributed by atoms with E-state index in [1.807, 2.05) is 0 Å². The minimum Gasteiger partial charge on any atom is -0.497 e. The Labute approximate surface area is 153 Å². The van der Waals surface area contributed by atoms with E-state index in [9.17, 15) is 13.2 Å². The van der Waals surface area contributed by atoms with Gasteiger partial charge in [0.15, 0.2) is 0 Å². The number of piperidine rings is 1. The zero-order chi connectivity index (χ0) is 18.6. The largest absolute Gasteiger partial charge is 0.497 e. The molecule has 2 aromatic carbocycles. The number of anilines is 1. The molecule has 1 N–H and O–H groups in total. The van der Waals surface area contributed by atoms with Gasteiger partial charge in [-0.2, -0.15) is 0 Å². The predicted molar refractivity (Wildman–Crippen MR) is 100.0 cm³/mol. The summed E-state index contributed by atoms with van der Waals surface area (Å²) in [5, 5.41) is 0. The molecule has 6 nitrogen and oxygen atoms in total. The summed E-state index contributed by atoms with van der Waals surface area (Å²) in [4.78, 5) is 14.5. The van der Waals surface area contributed by atoms with E-state index in [1.54, 1.807) is 48.4 Å². The van der Waals surface area contributed by atoms with E-state index in [0.717, 1.165) is 32.4 Å². The molecule has 0 saturated carbocycles. The summed E-state index contributed by atoms with van der Waals surface area (Å²) < 4.78 is 32.9. The average molecular weight is 374 g/mol. The number of carbonyl (C=O) groups is 1. The predicted octanol–water partition coefficient (Wildman–Crippen LogP) is 3.12. The Morgan fingerprint density at radius 1 is 1.04 bits per heavy atom. The van der Waals surface area contributed by atoms with Gasteiger partial charge in [0.25, 0.3) is 15.9 Å². The smallest absolute Gasteiger partial charge is 0.261 e. The second kappa shape index (κ2) is 7.78. The van der Waals surface area contributed by atoms with Crippen LogP contribution in [0.5, 0.6) is 5.75 Å². The Morgan fingerprint density at radius 2 is 1.73 bits per heavy atom. The third-order valence-corrected chi connectivity index (χ3v) is 5.76. The molecular formula is C19H22N2O4S. The van der Waals surface area contributed by atoms with Crippen LogP contribution in [0.2, 0.25) is 0 Å². The van der Waals surface area contributed by atoms with Crippen LogP contribution < -0.4 is 9.46 Å². The molecule has 0 unspecified atom stereocenters. The van der Waals surface area contributed by atoms with Gasteiger partial charge in [-0.25, -0.2) is 8.42 Å². The fourth-order valence-corrected chi connectivity index (χ4v) is 4.05. The summed E-state index contributed by atoms with van der Waals surface area (Å²) in [7, 11) is -2.24. The fourth-order valence-electron chi connectivity index (χ4n) is 2.95. The molecule has 0 aliphatic carbocycles. The first-order valence-corrected chi connectivity index (χ1v) is 10.0. The third-order valence-electron chi connectivity index (χ3n) is 4.38. The fraction of sp³-hybridized carbons (Fsp3) is 0.316. The minimum absolute atomic E-state index is 0.0659. The van der Waals surface area contributed by atoms with Crippen LogP contribution in [0.15, 0.2) is 53.4 Å². The number of likely N-dealkylation sites (tertiary alicyclic amines) is 1.